The van der Waals surface area contributed by atoms with Crippen molar-refractivity contribution in [2.45, 2.75) is 19.5 Å². The monoisotopic (exact) mass is 440 g/mol. The number of carbonyl (C=O) groups is 1. The number of aromatic nitrogens is 3. The quantitative estimate of drug-likeness (QED) is 0.433. The molecule has 0 bridgehead atoms. The lowest BCUT2D eigenvalue weighted by Crippen LogP contribution is -2.15. The van der Waals surface area contributed by atoms with Crippen LogP contribution in [0.15, 0.2) is 67.0 Å². The number of anilines is 1. The molecule has 4 rings (SSSR count). The first-order valence-corrected chi connectivity index (χ1v) is 9.92. The van der Waals surface area contributed by atoms with E-state index in [9.17, 15) is 18.0 Å². The second-order valence-corrected chi connectivity index (χ2v) is 7.00. The predicted molar refractivity (Wildman–Crippen MR) is 114 cm³/mol. The highest BCUT2D eigenvalue weighted by atomic mass is 19.4. The first-order chi connectivity index (χ1) is 15.4. The number of halogens is 3. The van der Waals surface area contributed by atoms with E-state index in [0.29, 0.717) is 13.0 Å². The van der Waals surface area contributed by atoms with Crippen molar-refractivity contribution in [2.75, 3.05) is 11.9 Å². The fourth-order valence-electron chi connectivity index (χ4n) is 3.21. The molecule has 6 nitrogen and oxygen atoms in total. The number of hydrogen-bond donors (Lipinski definition) is 1. The summed E-state index contributed by atoms with van der Waals surface area (Å²) in [5.41, 5.74) is 1.05. The van der Waals surface area contributed by atoms with Crippen molar-refractivity contribution < 1.29 is 22.7 Å². The number of nitrogens with zero attached hydrogens (tertiary/aromatic N) is 3. The summed E-state index contributed by atoms with van der Waals surface area (Å²) in [4.78, 5) is 17.2. The van der Waals surface area contributed by atoms with Gasteiger partial charge in [-0.2, -0.15) is 18.3 Å². The Labute approximate surface area is 181 Å². The van der Waals surface area contributed by atoms with Gasteiger partial charge in [0, 0.05) is 11.8 Å². The fourth-order valence-corrected chi connectivity index (χ4v) is 3.21. The third-order valence-corrected chi connectivity index (χ3v) is 4.73. The van der Waals surface area contributed by atoms with E-state index in [1.54, 1.807) is 12.3 Å². The summed E-state index contributed by atoms with van der Waals surface area (Å²) >= 11 is 0. The summed E-state index contributed by atoms with van der Waals surface area (Å²) in [6.45, 7) is 2.17. The molecule has 0 atom stereocenters. The van der Waals surface area contributed by atoms with Gasteiger partial charge in [-0.25, -0.2) is 9.50 Å². The molecular weight excluding hydrogens is 421 g/mol. The normalized spacial score (nSPS) is 11.5. The number of benzene rings is 2. The van der Waals surface area contributed by atoms with Gasteiger partial charge < -0.3 is 10.1 Å². The number of hydrogen-bond acceptors (Lipinski definition) is 4. The molecule has 0 aliphatic heterocycles. The van der Waals surface area contributed by atoms with Crippen LogP contribution in [0.4, 0.5) is 18.9 Å². The summed E-state index contributed by atoms with van der Waals surface area (Å²) in [5, 5.41) is 6.80. The molecular formula is C23H19F3N4O2. The lowest BCUT2D eigenvalue weighted by molar-refractivity contribution is -0.137. The van der Waals surface area contributed by atoms with Crippen molar-refractivity contribution in [3.63, 3.8) is 0 Å². The zero-order valence-corrected chi connectivity index (χ0v) is 17.1. The maximum atomic E-state index is 13.2. The van der Waals surface area contributed by atoms with Crippen LogP contribution in [0.3, 0.4) is 0 Å². The molecule has 0 saturated heterocycles. The Balaban J connectivity index is 1.70. The molecule has 0 spiro atoms. The molecule has 0 aliphatic carbocycles. The molecule has 0 fully saturated rings. The topological polar surface area (TPSA) is 68.5 Å². The molecule has 0 unspecified atom stereocenters. The number of fused-ring (bicyclic) bond motifs is 1. The highest BCUT2D eigenvalue weighted by Crippen LogP contribution is 2.35. The molecule has 2 heterocycles. The van der Waals surface area contributed by atoms with E-state index in [2.05, 4.69) is 15.4 Å². The van der Waals surface area contributed by atoms with Crippen molar-refractivity contribution in [3.05, 3.63) is 78.1 Å². The Morgan fingerprint density at radius 2 is 1.91 bits per heavy atom. The first kappa shape index (κ1) is 21.4. The van der Waals surface area contributed by atoms with E-state index in [1.165, 1.54) is 16.8 Å². The van der Waals surface area contributed by atoms with Gasteiger partial charge in [0.2, 0.25) is 0 Å². The molecule has 0 aliphatic rings. The van der Waals surface area contributed by atoms with E-state index in [-0.39, 0.29) is 22.6 Å². The van der Waals surface area contributed by atoms with E-state index >= 15 is 0 Å². The molecule has 1 N–H and O–H groups in total. The molecule has 0 saturated carbocycles. The molecule has 0 radical (unpaired) electrons. The van der Waals surface area contributed by atoms with Crippen molar-refractivity contribution >= 4 is 17.2 Å². The van der Waals surface area contributed by atoms with Gasteiger partial charge in [-0.15, -0.1) is 0 Å². The first-order valence-electron chi connectivity index (χ1n) is 9.92. The molecule has 9 heteroatoms. The van der Waals surface area contributed by atoms with Gasteiger partial charge in [0.05, 0.1) is 29.7 Å². The van der Waals surface area contributed by atoms with Crippen LogP contribution < -0.4 is 10.1 Å². The van der Waals surface area contributed by atoms with Crippen molar-refractivity contribution in [3.8, 4) is 17.0 Å². The van der Waals surface area contributed by atoms with Crippen molar-refractivity contribution in [1.82, 2.24) is 14.6 Å². The van der Waals surface area contributed by atoms with Gasteiger partial charge in [-0.05, 0) is 30.7 Å². The van der Waals surface area contributed by atoms with Crippen LogP contribution in [0.2, 0.25) is 0 Å². The second-order valence-electron chi connectivity index (χ2n) is 7.00. The molecule has 1 amide bonds. The predicted octanol–water partition coefficient (Wildman–Crippen LogP) is 5.46. The van der Waals surface area contributed by atoms with Crippen LogP contribution in [0.25, 0.3) is 16.9 Å². The number of rotatable bonds is 6. The number of alkyl halides is 3. The SMILES string of the molecule is CCCOc1ccc(C(F)(F)F)cc1NC(=O)c1cnn2c(-c3ccccc3)ccnc12. The maximum absolute atomic E-state index is 13.2. The van der Waals surface area contributed by atoms with Crippen LogP contribution >= 0.6 is 0 Å². The van der Waals surface area contributed by atoms with E-state index in [4.69, 9.17) is 4.74 Å². The summed E-state index contributed by atoms with van der Waals surface area (Å²) in [6.07, 6.45) is -1.01. The summed E-state index contributed by atoms with van der Waals surface area (Å²) in [5.74, 6) is -0.485. The second kappa shape index (κ2) is 8.70. The summed E-state index contributed by atoms with van der Waals surface area (Å²) in [7, 11) is 0. The van der Waals surface area contributed by atoms with Gasteiger partial charge in [0.1, 0.15) is 11.3 Å². The minimum Gasteiger partial charge on any atom is -0.491 e. The maximum Gasteiger partial charge on any atom is 0.416 e. The Bertz CT molecular complexity index is 1250. The molecule has 32 heavy (non-hydrogen) atoms. The number of amides is 1. The Morgan fingerprint density at radius 3 is 2.62 bits per heavy atom. The van der Waals surface area contributed by atoms with Crippen LogP contribution in [0, 0.1) is 0 Å². The highest BCUT2D eigenvalue weighted by Gasteiger charge is 2.31. The Kier molecular flexibility index (Phi) is 5.81. The third-order valence-electron chi connectivity index (χ3n) is 4.73. The number of nitrogens with one attached hydrogen (secondary N) is 1. The van der Waals surface area contributed by atoms with Crippen molar-refractivity contribution in [2.24, 2.45) is 0 Å². The largest absolute Gasteiger partial charge is 0.491 e. The molecule has 164 valence electrons. The molecule has 2 aromatic heterocycles. The Hall–Kier alpha value is -3.88. The fraction of sp³-hybridized carbons (Fsp3) is 0.174. The number of ether oxygens (including phenoxy) is 1. The minimum atomic E-state index is -4.56. The highest BCUT2D eigenvalue weighted by molar-refractivity contribution is 6.09. The van der Waals surface area contributed by atoms with Crippen LogP contribution in [0.5, 0.6) is 5.75 Å². The molecule has 2 aromatic carbocycles. The lowest BCUT2D eigenvalue weighted by atomic mass is 10.1. The van der Waals surface area contributed by atoms with Crippen LogP contribution in [-0.4, -0.2) is 27.1 Å². The van der Waals surface area contributed by atoms with E-state index < -0.39 is 17.6 Å². The van der Waals surface area contributed by atoms with Crippen LogP contribution in [0.1, 0.15) is 29.3 Å². The number of carbonyl (C=O) groups excluding carboxylic acids is 1. The Morgan fingerprint density at radius 1 is 1.12 bits per heavy atom. The van der Waals surface area contributed by atoms with Gasteiger partial charge >= 0.3 is 6.18 Å². The molecule has 4 aromatic rings. The van der Waals surface area contributed by atoms with Gasteiger partial charge in [-0.3, -0.25) is 4.79 Å². The van der Waals surface area contributed by atoms with E-state index in [1.807, 2.05) is 37.3 Å². The smallest absolute Gasteiger partial charge is 0.416 e. The average Bonchev–Trinajstić information content (AvgIpc) is 3.22. The zero-order chi connectivity index (χ0) is 22.7. The van der Waals surface area contributed by atoms with Crippen molar-refractivity contribution in [1.29, 1.82) is 0 Å². The minimum absolute atomic E-state index is 0.0724. The lowest BCUT2D eigenvalue weighted by Gasteiger charge is -2.15. The average molecular weight is 440 g/mol. The van der Waals surface area contributed by atoms with Gasteiger partial charge in [-0.1, -0.05) is 37.3 Å². The van der Waals surface area contributed by atoms with Gasteiger partial charge in [0.25, 0.3) is 5.91 Å². The standard InChI is InChI=1S/C23H19F3N4O2/c1-2-12-32-20-9-8-16(23(24,25)26)13-18(20)29-22(31)17-14-28-30-19(10-11-27-21(17)30)15-6-4-3-5-7-15/h3-11,13-14H,2,12H2,1H3,(H,29,31). The summed E-state index contributed by atoms with van der Waals surface area (Å²) in [6, 6.07) is 14.2. The summed E-state index contributed by atoms with van der Waals surface area (Å²) < 4.78 is 46.6. The van der Waals surface area contributed by atoms with Crippen LogP contribution in [-0.2, 0) is 6.18 Å². The zero-order valence-electron chi connectivity index (χ0n) is 17.1. The van der Waals surface area contributed by atoms with E-state index in [0.717, 1.165) is 23.4 Å². The van der Waals surface area contributed by atoms with Gasteiger partial charge in [0.15, 0.2) is 5.65 Å². The third kappa shape index (κ3) is 4.27.